The first-order valence-electron chi connectivity index (χ1n) is 8.91. The summed E-state index contributed by atoms with van der Waals surface area (Å²) >= 11 is 1.29. The second-order valence-electron chi connectivity index (χ2n) is 5.83. The van der Waals surface area contributed by atoms with Gasteiger partial charge in [0.25, 0.3) is 5.91 Å². The third-order valence-electron chi connectivity index (χ3n) is 3.67. The molecule has 0 aliphatic heterocycles. The fourth-order valence-corrected chi connectivity index (χ4v) is 3.13. The molecule has 0 atom stereocenters. The highest BCUT2D eigenvalue weighted by molar-refractivity contribution is 7.14. The number of para-hydroxylation sites is 2. The van der Waals surface area contributed by atoms with E-state index in [1.54, 1.807) is 43.3 Å². The number of rotatable bonds is 9. The maximum absolute atomic E-state index is 12.3. The fourth-order valence-electron chi connectivity index (χ4n) is 2.29. The van der Waals surface area contributed by atoms with Crippen LogP contribution in [0, 0.1) is 0 Å². The largest absolute Gasteiger partial charge is 0.466 e. The normalized spacial score (nSPS) is 10.2. The molecular weight excluding hydrogens is 380 g/mol. The smallest absolute Gasteiger partial charge is 0.315 e. The summed E-state index contributed by atoms with van der Waals surface area (Å²) < 4.78 is 4.81. The highest BCUT2D eigenvalue weighted by Gasteiger charge is 2.11. The molecule has 0 unspecified atom stereocenters. The maximum Gasteiger partial charge on any atom is 0.315 e. The topological polar surface area (TPSA) is 123 Å². The number of amides is 3. The average molecular weight is 404 g/mol. The molecule has 150 valence electrons. The number of hydrogen-bond donors (Lipinski definition) is 4. The maximum atomic E-state index is 12.3. The standard InChI is InChI=1S/C19H24N4O4S/c1-2-27-17(24)8-5-11-21-19(26)22-12-13-9-10-16(28-13)18(25)23-15-7-4-3-6-14(15)20/h3-4,6-7,9-10H,2,5,8,11-12,20H2,1H3,(H,23,25)(H2,21,22,26). The van der Waals surface area contributed by atoms with E-state index in [0.717, 1.165) is 4.88 Å². The summed E-state index contributed by atoms with van der Waals surface area (Å²) in [5.41, 5.74) is 6.88. The first-order valence-corrected chi connectivity index (χ1v) is 9.73. The Morgan fingerprint density at radius 3 is 2.64 bits per heavy atom. The summed E-state index contributed by atoms with van der Waals surface area (Å²) in [5.74, 6) is -0.524. The van der Waals surface area contributed by atoms with Gasteiger partial charge in [-0.3, -0.25) is 9.59 Å². The molecule has 28 heavy (non-hydrogen) atoms. The number of carbonyl (C=O) groups is 3. The van der Waals surface area contributed by atoms with Gasteiger partial charge in [0, 0.05) is 17.8 Å². The monoisotopic (exact) mass is 404 g/mol. The van der Waals surface area contributed by atoms with Crippen molar-refractivity contribution in [2.75, 3.05) is 24.2 Å². The van der Waals surface area contributed by atoms with E-state index in [1.165, 1.54) is 11.3 Å². The number of hydrogen-bond acceptors (Lipinski definition) is 6. The molecule has 0 radical (unpaired) electrons. The van der Waals surface area contributed by atoms with Crippen LogP contribution in [0.4, 0.5) is 16.2 Å². The molecule has 0 bridgehead atoms. The molecule has 1 aromatic carbocycles. The Balaban J connectivity index is 1.72. The van der Waals surface area contributed by atoms with E-state index in [-0.39, 0.29) is 24.3 Å². The molecule has 0 saturated heterocycles. The van der Waals surface area contributed by atoms with Crippen molar-refractivity contribution in [3.8, 4) is 0 Å². The van der Waals surface area contributed by atoms with Crippen LogP contribution < -0.4 is 21.7 Å². The van der Waals surface area contributed by atoms with E-state index in [0.29, 0.717) is 42.4 Å². The van der Waals surface area contributed by atoms with Crippen molar-refractivity contribution >= 4 is 40.6 Å². The lowest BCUT2D eigenvalue weighted by Crippen LogP contribution is -2.35. The van der Waals surface area contributed by atoms with Crippen molar-refractivity contribution in [2.45, 2.75) is 26.3 Å². The minimum atomic E-state index is -0.333. The number of nitrogen functional groups attached to an aromatic ring is 1. The van der Waals surface area contributed by atoms with Gasteiger partial charge in [-0.2, -0.15) is 0 Å². The molecule has 3 amide bonds. The van der Waals surface area contributed by atoms with Crippen LogP contribution in [0.15, 0.2) is 36.4 Å². The van der Waals surface area contributed by atoms with Crippen molar-refractivity contribution in [3.05, 3.63) is 46.2 Å². The average Bonchev–Trinajstić information content (AvgIpc) is 3.15. The lowest BCUT2D eigenvalue weighted by atomic mass is 10.2. The Morgan fingerprint density at radius 1 is 1.11 bits per heavy atom. The molecular formula is C19H24N4O4S. The van der Waals surface area contributed by atoms with E-state index in [9.17, 15) is 14.4 Å². The Bertz CT molecular complexity index is 822. The van der Waals surface area contributed by atoms with Crippen molar-refractivity contribution in [3.63, 3.8) is 0 Å². The zero-order valence-electron chi connectivity index (χ0n) is 15.6. The Labute approximate surface area is 167 Å². The molecule has 0 aliphatic rings. The van der Waals surface area contributed by atoms with E-state index in [1.807, 2.05) is 0 Å². The first kappa shape index (κ1) is 21.2. The molecule has 8 nitrogen and oxygen atoms in total. The molecule has 1 heterocycles. The summed E-state index contributed by atoms with van der Waals surface area (Å²) in [6.45, 7) is 2.78. The van der Waals surface area contributed by atoms with Gasteiger partial charge in [0.05, 0.1) is 29.4 Å². The highest BCUT2D eigenvalue weighted by atomic mass is 32.1. The number of carbonyl (C=O) groups excluding carboxylic acids is 3. The van der Waals surface area contributed by atoms with Crippen molar-refractivity contribution in [1.82, 2.24) is 10.6 Å². The molecule has 0 fully saturated rings. The number of ether oxygens (including phenoxy) is 1. The van der Waals surface area contributed by atoms with Crippen molar-refractivity contribution < 1.29 is 19.1 Å². The zero-order chi connectivity index (χ0) is 20.4. The molecule has 1 aromatic heterocycles. The van der Waals surface area contributed by atoms with Crippen LogP contribution in [0.5, 0.6) is 0 Å². The van der Waals surface area contributed by atoms with Gasteiger partial charge in [-0.15, -0.1) is 11.3 Å². The third-order valence-corrected chi connectivity index (χ3v) is 4.75. The summed E-state index contributed by atoms with van der Waals surface area (Å²) in [5, 5.41) is 8.15. The van der Waals surface area contributed by atoms with Crippen LogP contribution in [0.2, 0.25) is 0 Å². The highest BCUT2D eigenvalue weighted by Crippen LogP contribution is 2.21. The van der Waals surface area contributed by atoms with Gasteiger partial charge in [0.15, 0.2) is 0 Å². The Hall–Kier alpha value is -3.07. The Morgan fingerprint density at radius 2 is 1.89 bits per heavy atom. The van der Waals surface area contributed by atoms with E-state index < -0.39 is 0 Å². The number of esters is 1. The van der Waals surface area contributed by atoms with Gasteiger partial charge in [-0.25, -0.2) is 4.79 Å². The number of thiophene rings is 1. The van der Waals surface area contributed by atoms with Crippen LogP contribution in [0.3, 0.4) is 0 Å². The lowest BCUT2D eigenvalue weighted by Gasteiger charge is -2.07. The lowest BCUT2D eigenvalue weighted by molar-refractivity contribution is -0.143. The fraction of sp³-hybridized carbons (Fsp3) is 0.316. The number of nitrogens with two attached hydrogens (primary N) is 1. The molecule has 0 aliphatic carbocycles. The molecule has 2 rings (SSSR count). The molecule has 0 spiro atoms. The van der Waals surface area contributed by atoms with E-state index in [2.05, 4.69) is 16.0 Å². The quantitative estimate of drug-likeness (QED) is 0.291. The minimum Gasteiger partial charge on any atom is -0.466 e. The Kier molecular flexibility index (Phi) is 8.29. The van der Waals surface area contributed by atoms with Crippen molar-refractivity contribution in [2.24, 2.45) is 0 Å². The molecule has 0 saturated carbocycles. The van der Waals surface area contributed by atoms with E-state index in [4.69, 9.17) is 10.5 Å². The van der Waals surface area contributed by atoms with Gasteiger partial charge in [-0.1, -0.05) is 12.1 Å². The SMILES string of the molecule is CCOC(=O)CCCNC(=O)NCc1ccc(C(=O)Nc2ccccc2N)s1. The van der Waals surface area contributed by atoms with Gasteiger partial charge < -0.3 is 26.4 Å². The van der Waals surface area contributed by atoms with Crippen LogP contribution in [0.25, 0.3) is 0 Å². The third kappa shape index (κ3) is 6.92. The summed E-state index contributed by atoms with van der Waals surface area (Å²) in [6, 6.07) is 10.2. The predicted molar refractivity (Wildman–Crippen MR) is 109 cm³/mol. The predicted octanol–water partition coefficient (Wildman–Crippen LogP) is 2.73. The van der Waals surface area contributed by atoms with Crippen LogP contribution in [0.1, 0.15) is 34.3 Å². The minimum absolute atomic E-state index is 0.252. The molecule has 5 N–H and O–H groups in total. The van der Waals surface area contributed by atoms with Gasteiger partial charge in [-0.05, 0) is 37.6 Å². The summed E-state index contributed by atoms with van der Waals surface area (Å²) in [7, 11) is 0. The van der Waals surface area contributed by atoms with Gasteiger partial charge >= 0.3 is 12.0 Å². The summed E-state index contributed by atoms with van der Waals surface area (Å²) in [6.07, 6.45) is 0.779. The van der Waals surface area contributed by atoms with Crippen LogP contribution >= 0.6 is 11.3 Å². The van der Waals surface area contributed by atoms with Crippen LogP contribution in [-0.4, -0.2) is 31.1 Å². The zero-order valence-corrected chi connectivity index (χ0v) is 16.4. The van der Waals surface area contributed by atoms with Gasteiger partial charge in [0.2, 0.25) is 0 Å². The van der Waals surface area contributed by atoms with Crippen molar-refractivity contribution in [1.29, 1.82) is 0 Å². The number of urea groups is 1. The van der Waals surface area contributed by atoms with Gasteiger partial charge in [0.1, 0.15) is 0 Å². The molecule has 2 aromatic rings. The molecule has 9 heteroatoms. The van der Waals surface area contributed by atoms with E-state index >= 15 is 0 Å². The second-order valence-corrected chi connectivity index (χ2v) is 6.99. The number of benzene rings is 1. The summed E-state index contributed by atoms with van der Waals surface area (Å²) in [4.78, 5) is 36.6. The van der Waals surface area contributed by atoms with Crippen LogP contribution in [-0.2, 0) is 16.1 Å². The second kappa shape index (κ2) is 10.9. The number of anilines is 2. The number of nitrogens with one attached hydrogen (secondary N) is 3. The first-order chi connectivity index (χ1) is 13.5.